The molecular weight excluding hydrogens is 297 g/mol. The van der Waals surface area contributed by atoms with E-state index in [0.29, 0.717) is 17.0 Å². The summed E-state index contributed by atoms with van der Waals surface area (Å²) < 4.78 is 37.9. The van der Waals surface area contributed by atoms with Crippen molar-refractivity contribution in [3.63, 3.8) is 0 Å². The topological polar surface area (TPSA) is 24.4 Å². The molecule has 0 spiro atoms. The Balaban J connectivity index is 2.16. The highest BCUT2D eigenvalue weighted by atomic mass is 35.5. The van der Waals surface area contributed by atoms with E-state index >= 15 is 0 Å². The fourth-order valence-corrected chi connectivity index (χ4v) is 2.73. The van der Waals surface area contributed by atoms with Crippen molar-refractivity contribution in [1.29, 1.82) is 0 Å². The van der Waals surface area contributed by atoms with Gasteiger partial charge in [-0.3, -0.25) is 4.99 Å². The Kier molecular flexibility index (Phi) is 4.30. The van der Waals surface area contributed by atoms with Crippen LogP contribution >= 0.6 is 23.4 Å². The molecule has 0 amide bonds. The number of nitrogens with zero attached hydrogens (tertiary/aromatic N) is 1. The van der Waals surface area contributed by atoms with Crippen molar-refractivity contribution < 1.29 is 13.2 Å². The van der Waals surface area contributed by atoms with Crippen LogP contribution in [0.5, 0.6) is 0 Å². The molecule has 19 heavy (non-hydrogen) atoms. The lowest BCUT2D eigenvalue weighted by atomic mass is 10.2. The highest BCUT2D eigenvalue weighted by Gasteiger charge is 2.31. The van der Waals surface area contributed by atoms with E-state index in [4.69, 9.17) is 11.6 Å². The first-order chi connectivity index (χ1) is 8.90. The van der Waals surface area contributed by atoms with Crippen molar-refractivity contribution in [2.24, 2.45) is 4.99 Å². The summed E-state index contributed by atoms with van der Waals surface area (Å²) in [6.07, 6.45) is -3.41. The Morgan fingerprint density at radius 2 is 2.21 bits per heavy atom. The van der Waals surface area contributed by atoms with Crippen molar-refractivity contribution in [1.82, 2.24) is 0 Å². The standard InChI is InChI=1S/C12H12ClF3N2S/c1-2-8-6-17-11(19-8)18-10-5-7(12(14,15)16)3-4-9(10)13/h3-5,8H,2,6H2,1H3,(H,17,18). The predicted octanol–water partition coefficient (Wildman–Crippen LogP) is 4.65. The van der Waals surface area contributed by atoms with E-state index in [1.54, 1.807) is 0 Å². The maximum atomic E-state index is 12.6. The number of anilines is 1. The molecule has 104 valence electrons. The maximum Gasteiger partial charge on any atom is 0.416 e. The Bertz CT molecular complexity index is 502. The number of aliphatic imine (C=N–C) groups is 1. The number of hydrogen-bond acceptors (Lipinski definition) is 3. The molecule has 1 aliphatic rings. The summed E-state index contributed by atoms with van der Waals surface area (Å²) in [5.74, 6) is 0. The van der Waals surface area contributed by atoms with E-state index in [1.165, 1.54) is 17.8 Å². The molecule has 0 saturated heterocycles. The Hall–Kier alpha value is -0.880. The van der Waals surface area contributed by atoms with Gasteiger partial charge in [-0.05, 0) is 24.6 Å². The number of nitrogens with one attached hydrogen (secondary N) is 1. The van der Waals surface area contributed by atoms with Crippen molar-refractivity contribution in [2.75, 3.05) is 11.9 Å². The monoisotopic (exact) mass is 308 g/mol. The van der Waals surface area contributed by atoms with Gasteiger partial charge in [0, 0.05) is 5.25 Å². The molecule has 1 aromatic rings. The van der Waals surface area contributed by atoms with Gasteiger partial charge in [-0.15, -0.1) is 0 Å². The summed E-state index contributed by atoms with van der Waals surface area (Å²) in [5, 5.41) is 4.11. The van der Waals surface area contributed by atoms with Crippen LogP contribution in [-0.4, -0.2) is 17.0 Å². The van der Waals surface area contributed by atoms with Crippen molar-refractivity contribution in [2.45, 2.75) is 24.8 Å². The molecule has 1 aromatic carbocycles. The first-order valence-corrected chi connectivity index (χ1v) is 7.00. The van der Waals surface area contributed by atoms with E-state index in [-0.39, 0.29) is 10.7 Å². The highest BCUT2D eigenvalue weighted by molar-refractivity contribution is 8.15. The molecule has 1 unspecified atom stereocenters. The van der Waals surface area contributed by atoms with Gasteiger partial charge in [0.15, 0.2) is 5.17 Å². The number of alkyl halides is 3. The van der Waals surface area contributed by atoms with Crippen molar-refractivity contribution in [3.8, 4) is 0 Å². The third-order valence-electron chi connectivity index (χ3n) is 2.71. The zero-order chi connectivity index (χ0) is 14.0. The second-order valence-corrected chi connectivity index (χ2v) is 5.81. The van der Waals surface area contributed by atoms with Crippen molar-refractivity contribution >= 4 is 34.2 Å². The predicted molar refractivity (Wildman–Crippen MR) is 74.0 cm³/mol. The average Bonchev–Trinajstić information content (AvgIpc) is 2.78. The quantitative estimate of drug-likeness (QED) is 0.860. The molecule has 1 aliphatic heterocycles. The molecule has 1 heterocycles. The van der Waals surface area contributed by atoms with Crippen LogP contribution < -0.4 is 5.32 Å². The molecule has 2 nitrogen and oxygen atoms in total. The molecule has 7 heteroatoms. The largest absolute Gasteiger partial charge is 0.416 e. The van der Waals surface area contributed by atoms with Crippen molar-refractivity contribution in [3.05, 3.63) is 28.8 Å². The second kappa shape index (κ2) is 5.63. The number of halogens is 4. The normalized spacial score (nSPS) is 19.4. The van der Waals surface area contributed by atoms with Gasteiger partial charge in [0.2, 0.25) is 0 Å². The van der Waals surface area contributed by atoms with E-state index in [2.05, 4.69) is 10.3 Å². The smallest absolute Gasteiger partial charge is 0.334 e. The molecule has 0 fully saturated rings. The van der Waals surface area contributed by atoms with E-state index in [1.807, 2.05) is 6.92 Å². The maximum absolute atomic E-state index is 12.6. The third-order valence-corrected chi connectivity index (χ3v) is 4.31. The first kappa shape index (κ1) is 14.5. The number of amidine groups is 1. The summed E-state index contributed by atoms with van der Waals surface area (Å²) in [4.78, 5) is 4.24. The number of benzene rings is 1. The van der Waals surface area contributed by atoms with Gasteiger partial charge in [0.25, 0.3) is 0 Å². The van der Waals surface area contributed by atoms with Gasteiger partial charge in [0.05, 0.1) is 22.8 Å². The fraction of sp³-hybridized carbons (Fsp3) is 0.417. The van der Waals surface area contributed by atoms with Gasteiger partial charge in [0.1, 0.15) is 0 Å². The molecule has 0 radical (unpaired) electrons. The average molecular weight is 309 g/mol. The molecule has 0 aromatic heterocycles. The fourth-order valence-electron chi connectivity index (χ4n) is 1.61. The Morgan fingerprint density at radius 1 is 1.47 bits per heavy atom. The third kappa shape index (κ3) is 3.57. The van der Waals surface area contributed by atoms with Gasteiger partial charge in [-0.1, -0.05) is 30.3 Å². The zero-order valence-electron chi connectivity index (χ0n) is 10.1. The van der Waals surface area contributed by atoms with Crippen LogP contribution in [0.4, 0.5) is 18.9 Å². The number of thioether (sulfide) groups is 1. The van der Waals surface area contributed by atoms with Crippen LogP contribution in [0, 0.1) is 0 Å². The zero-order valence-corrected chi connectivity index (χ0v) is 11.7. The molecule has 0 saturated carbocycles. The minimum atomic E-state index is -4.38. The van der Waals surface area contributed by atoms with E-state index in [0.717, 1.165) is 18.6 Å². The summed E-state index contributed by atoms with van der Waals surface area (Å²) >= 11 is 7.43. The lowest BCUT2D eigenvalue weighted by Crippen LogP contribution is -2.10. The van der Waals surface area contributed by atoms with Gasteiger partial charge in [-0.2, -0.15) is 13.2 Å². The SMILES string of the molecule is CCC1CN=C(Nc2cc(C(F)(F)F)ccc2Cl)S1. The van der Waals surface area contributed by atoms with Crippen LogP contribution in [0.2, 0.25) is 5.02 Å². The highest BCUT2D eigenvalue weighted by Crippen LogP contribution is 2.35. The molecule has 0 aliphatic carbocycles. The molecule has 0 bridgehead atoms. The van der Waals surface area contributed by atoms with E-state index in [9.17, 15) is 13.2 Å². The van der Waals surface area contributed by atoms with Crippen LogP contribution in [0.3, 0.4) is 0 Å². The number of rotatable bonds is 2. The van der Waals surface area contributed by atoms with Gasteiger partial charge in [-0.25, -0.2) is 0 Å². The molecular formula is C12H12ClF3N2S. The van der Waals surface area contributed by atoms with Gasteiger partial charge >= 0.3 is 6.18 Å². The minimum Gasteiger partial charge on any atom is -0.334 e. The van der Waals surface area contributed by atoms with Crippen LogP contribution in [0.1, 0.15) is 18.9 Å². The lowest BCUT2D eigenvalue weighted by molar-refractivity contribution is -0.137. The van der Waals surface area contributed by atoms with Crippen LogP contribution in [-0.2, 0) is 6.18 Å². The van der Waals surface area contributed by atoms with E-state index < -0.39 is 11.7 Å². The first-order valence-electron chi connectivity index (χ1n) is 5.75. The summed E-state index contributed by atoms with van der Waals surface area (Å²) in [6.45, 7) is 2.73. The number of hydrogen-bond donors (Lipinski definition) is 1. The minimum absolute atomic E-state index is 0.236. The Morgan fingerprint density at radius 3 is 2.79 bits per heavy atom. The lowest BCUT2D eigenvalue weighted by Gasteiger charge is -2.12. The Labute approximate surface area is 118 Å². The molecule has 1 atom stereocenters. The summed E-state index contributed by atoms with van der Waals surface area (Å²) in [7, 11) is 0. The van der Waals surface area contributed by atoms with Crippen LogP contribution in [0.15, 0.2) is 23.2 Å². The van der Waals surface area contributed by atoms with Crippen LogP contribution in [0.25, 0.3) is 0 Å². The molecule has 2 rings (SSSR count). The second-order valence-electron chi connectivity index (χ2n) is 4.11. The van der Waals surface area contributed by atoms with Gasteiger partial charge < -0.3 is 5.32 Å². The summed E-state index contributed by atoms with van der Waals surface area (Å²) in [5.41, 5.74) is -0.491. The summed E-state index contributed by atoms with van der Waals surface area (Å²) in [6, 6.07) is 3.21. The molecule has 1 N–H and O–H groups in total.